The molecule has 3 aromatic carbocycles. The molecule has 0 aliphatic carbocycles. The highest BCUT2D eigenvalue weighted by Gasteiger charge is 2.05. The molecule has 0 nitrogen and oxygen atoms in total. The summed E-state index contributed by atoms with van der Waals surface area (Å²) in [7, 11) is 0. The van der Waals surface area contributed by atoms with Gasteiger partial charge >= 0.3 is 0 Å². The lowest BCUT2D eigenvalue weighted by Gasteiger charge is -2.11. The molecule has 0 atom stereocenters. The zero-order valence-electron chi connectivity index (χ0n) is 17.8. The lowest BCUT2D eigenvalue weighted by atomic mass is 9.94. The summed E-state index contributed by atoms with van der Waals surface area (Å²) in [6.07, 6.45) is 8.79. The van der Waals surface area contributed by atoms with Crippen LogP contribution in [-0.4, -0.2) is 0 Å². The highest BCUT2D eigenvalue weighted by Crippen LogP contribution is 2.27. The van der Waals surface area contributed by atoms with Crippen LogP contribution in [0.1, 0.15) is 60.4 Å². The minimum Gasteiger partial charge on any atom is -0.0620 e. The fourth-order valence-corrected chi connectivity index (χ4v) is 4.01. The Hall–Kier alpha value is -2.34. The SMILES string of the molecule is CCc1ccc(CCCCCCc2ccc(-c3ccccc3C)c(C)c2)cc1. The van der Waals surface area contributed by atoms with E-state index in [0.717, 1.165) is 6.42 Å². The van der Waals surface area contributed by atoms with E-state index >= 15 is 0 Å². The highest BCUT2D eigenvalue weighted by molar-refractivity contribution is 5.70. The Morgan fingerprint density at radius 3 is 1.75 bits per heavy atom. The first kappa shape index (κ1) is 20.4. The summed E-state index contributed by atoms with van der Waals surface area (Å²) < 4.78 is 0. The normalized spacial score (nSPS) is 11.0. The van der Waals surface area contributed by atoms with E-state index in [9.17, 15) is 0 Å². The number of hydrogen-bond donors (Lipinski definition) is 0. The second kappa shape index (κ2) is 10.3. The maximum Gasteiger partial charge on any atom is -0.0152 e. The average molecular weight is 371 g/mol. The molecule has 146 valence electrons. The zero-order chi connectivity index (χ0) is 19.8. The van der Waals surface area contributed by atoms with Crippen molar-refractivity contribution in [3.05, 3.63) is 94.5 Å². The second-order valence-corrected chi connectivity index (χ2v) is 8.05. The Balaban J connectivity index is 1.42. The summed E-state index contributed by atoms with van der Waals surface area (Å²) in [6.45, 7) is 6.66. The number of aryl methyl sites for hydroxylation is 5. The molecule has 0 heterocycles. The monoisotopic (exact) mass is 370 g/mol. The molecule has 3 rings (SSSR count). The fourth-order valence-electron chi connectivity index (χ4n) is 4.01. The van der Waals surface area contributed by atoms with Crippen LogP contribution in [-0.2, 0) is 19.3 Å². The van der Waals surface area contributed by atoms with Crippen molar-refractivity contribution in [1.29, 1.82) is 0 Å². The van der Waals surface area contributed by atoms with Crippen LogP contribution in [0.3, 0.4) is 0 Å². The highest BCUT2D eigenvalue weighted by atomic mass is 14.1. The molecule has 0 aromatic heterocycles. The molecule has 0 unspecified atom stereocenters. The maximum atomic E-state index is 2.39. The number of unbranched alkanes of at least 4 members (excludes halogenated alkanes) is 3. The predicted molar refractivity (Wildman–Crippen MR) is 123 cm³/mol. The van der Waals surface area contributed by atoms with Gasteiger partial charge in [-0.25, -0.2) is 0 Å². The van der Waals surface area contributed by atoms with E-state index in [1.165, 1.54) is 77.5 Å². The van der Waals surface area contributed by atoms with Gasteiger partial charge in [-0.3, -0.25) is 0 Å². The van der Waals surface area contributed by atoms with E-state index in [4.69, 9.17) is 0 Å². The van der Waals surface area contributed by atoms with E-state index in [1.807, 2.05) is 0 Å². The fraction of sp³-hybridized carbons (Fsp3) is 0.357. The number of hydrogen-bond acceptors (Lipinski definition) is 0. The van der Waals surface area contributed by atoms with Gasteiger partial charge in [-0.15, -0.1) is 0 Å². The minimum atomic E-state index is 1.13. The molecular weight excluding hydrogens is 336 g/mol. The Bertz CT molecular complexity index is 871. The minimum absolute atomic E-state index is 1.13. The van der Waals surface area contributed by atoms with Gasteiger partial charge < -0.3 is 0 Å². The summed E-state index contributed by atoms with van der Waals surface area (Å²) >= 11 is 0. The molecule has 0 fully saturated rings. The second-order valence-electron chi connectivity index (χ2n) is 8.05. The van der Waals surface area contributed by atoms with Crippen molar-refractivity contribution in [2.24, 2.45) is 0 Å². The van der Waals surface area contributed by atoms with Crippen LogP contribution in [0.2, 0.25) is 0 Å². The topological polar surface area (TPSA) is 0 Å². The van der Waals surface area contributed by atoms with Gasteiger partial charge in [0.05, 0.1) is 0 Å². The molecule has 0 amide bonds. The average Bonchev–Trinajstić information content (AvgIpc) is 2.72. The quantitative estimate of drug-likeness (QED) is 0.336. The molecule has 3 aromatic rings. The van der Waals surface area contributed by atoms with Crippen LogP contribution in [0.15, 0.2) is 66.7 Å². The van der Waals surface area contributed by atoms with Crippen molar-refractivity contribution in [2.45, 2.75) is 65.7 Å². The van der Waals surface area contributed by atoms with Gasteiger partial charge in [-0.1, -0.05) is 86.5 Å². The van der Waals surface area contributed by atoms with Gasteiger partial charge in [0.1, 0.15) is 0 Å². The molecule has 0 spiro atoms. The van der Waals surface area contributed by atoms with E-state index in [-0.39, 0.29) is 0 Å². The predicted octanol–water partition coefficient (Wildman–Crippen LogP) is 7.88. The van der Waals surface area contributed by atoms with E-state index in [0.29, 0.717) is 0 Å². The molecule has 0 bridgehead atoms. The third kappa shape index (κ3) is 5.58. The summed E-state index contributed by atoms with van der Waals surface area (Å²) in [6, 6.07) is 24.9. The van der Waals surface area contributed by atoms with Crippen LogP contribution in [0.5, 0.6) is 0 Å². The smallest absolute Gasteiger partial charge is 0.0152 e. The van der Waals surface area contributed by atoms with Crippen molar-refractivity contribution < 1.29 is 0 Å². The van der Waals surface area contributed by atoms with Gasteiger partial charge in [0.15, 0.2) is 0 Å². The Morgan fingerprint density at radius 2 is 1.11 bits per heavy atom. The van der Waals surface area contributed by atoms with Gasteiger partial charge in [-0.2, -0.15) is 0 Å². The lowest BCUT2D eigenvalue weighted by Crippen LogP contribution is -1.92. The summed E-state index contributed by atoms with van der Waals surface area (Å²) in [5, 5.41) is 0. The van der Waals surface area contributed by atoms with Gasteiger partial charge in [0, 0.05) is 0 Å². The van der Waals surface area contributed by atoms with E-state index < -0.39 is 0 Å². The van der Waals surface area contributed by atoms with E-state index in [1.54, 1.807) is 0 Å². The van der Waals surface area contributed by atoms with Crippen molar-refractivity contribution in [1.82, 2.24) is 0 Å². The Kier molecular flexibility index (Phi) is 7.48. The van der Waals surface area contributed by atoms with Gasteiger partial charge in [0.25, 0.3) is 0 Å². The molecule has 0 saturated carbocycles. The molecular formula is C28H34. The number of rotatable bonds is 9. The van der Waals surface area contributed by atoms with Crippen molar-refractivity contribution >= 4 is 0 Å². The van der Waals surface area contributed by atoms with Crippen molar-refractivity contribution in [2.75, 3.05) is 0 Å². The molecule has 0 aliphatic heterocycles. The molecule has 0 saturated heterocycles. The molecule has 28 heavy (non-hydrogen) atoms. The Labute approximate surface area is 171 Å². The summed E-state index contributed by atoms with van der Waals surface area (Å²) in [5.41, 5.74) is 9.87. The first-order chi connectivity index (χ1) is 13.7. The molecule has 0 heteroatoms. The lowest BCUT2D eigenvalue weighted by molar-refractivity contribution is 0.640. The molecule has 0 radical (unpaired) electrons. The van der Waals surface area contributed by atoms with Gasteiger partial charge in [0.2, 0.25) is 0 Å². The first-order valence-corrected chi connectivity index (χ1v) is 10.9. The largest absolute Gasteiger partial charge is 0.0620 e. The number of benzene rings is 3. The third-order valence-corrected chi connectivity index (χ3v) is 5.84. The third-order valence-electron chi connectivity index (χ3n) is 5.84. The van der Waals surface area contributed by atoms with Crippen LogP contribution in [0.25, 0.3) is 11.1 Å². The van der Waals surface area contributed by atoms with Crippen LogP contribution < -0.4 is 0 Å². The van der Waals surface area contributed by atoms with Crippen LogP contribution in [0.4, 0.5) is 0 Å². The van der Waals surface area contributed by atoms with Crippen LogP contribution >= 0.6 is 0 Å². The summed E-state index contributed by atoms with van der Waals surface area (Å²) in [4.78, 5) is 0. The zero-order valence-corrected chi connectivity index (χ0v) is 17.8. The summed E-state index contributed by atoms with van der Waals surface area (Å²) in [5.74, 6) is 0. The van der Waals surface area contributed by atoms with E-state index in [2.05, 4.69) is 87.5 Å². The molecule has 0 aliphatic rings. The standard InChI is InChI=1S/C28H34/c1-4-24-15-17-25(18-16-24)12-7-5-6-8-13-26-19-20-28(23(3)21-26)27-14-10-9-11-22(27)2/h9-11,14-21H,4-8,12-13H2,1-3H3. The maximum absolute atomic E-state index is 2.39. The van der Waals surface area contributed by atoms with Crippen molar-refractivity contribution in [3.63, 3.8) is 0 Å². The van der Waals surface area contributed by atoms with Gasteiger partial charge in [-0.05, 0) is 84.9 Å². The molecule has 0 N–H and O–H groups in total. The van der Waals surface area contributed by atoms with Crippen molar-refractivity contribution in [3.8, 4) is 11.1 Å². The van der Waals surface area contributed by atoms with Crippen LogP contribution in [0, 0.1) is 13.8 Å². The Morgan fingerprint density at radius 1 is 0.536 bits per heavy atom. The first-order valence-electron chi connectivity index (χ1n) is 10.9.